The fourth-order valence-corrected chi connectivity index (χ4v) is 15.3. The van der Waals surface area contributed by atoms with Gasteiger partial charge in [0.25, 0.3) is 0 Å². The Morgan fingerprint density at radius 2 is 0.714 bits per heavy atom. The number of ether oxygens (including phenoxy) is 14. The van der Waals surface area contributed by atoms with E-state index in [2.05, 4.69) is 130 Å². The number of hydrogen-bond acceptors (Lipinski definition) is 43. The van der Waals surface area contributed by atoms with Crippen LogP contribution in [0.1, 0.15) is 76.3 Å². The van der Waals surface area contributed by atoms with Crippen molar-refractivity contribution in [1.29, 1.82) is 0 Å². The molecule has 49 nitrogen and oxygen atoms in total. The van der Waals surface area contributed by atoms with Crippen molar-refractivity contribution in [3.8, 4) is 80.5 Å². The molecule has 0 aromatic heterocycles. The van der Waals surface area contributed by atoms with Gasteiger partial charge in [-0.2, -0.15) is 0 Å². The lowest BCUT2D eigenvalue weighted by Gasteiger charge is -2.33. The highest BCUT2D eigenvalue weighted by molar-refractivity contribution is 6.09. The Balaban J connectivity index is 0.000000124. The summed E-state index contributed by atoms with van der Waals surface area (Å²) in [5, 5.41) is 30.1. The van der Waals surface area contributed by atoms with E-state index in [1.165, 1.54) is 0 Å². The summed E-state index contributed by atoms with van der Waals surface area (Å²) < 4.78 is 75.8. The predicted octanol–water partition coefficient (Wildman–Crippen LogP) is 3.30. The van der Waals surface area contributed by atoms with E-state index in [9.17, 15) is 0 Å². The third-order valence-corrected chi connectivity index (χ3v) is 21.7. The molecule has 0 saturated carbocycles. The first-order valence-corrected chi connectivity index (χ1v) is 45.1. The highest BCUT2D eigenvalue weighted by Gasteiger charge is 2.30. The van der Waals surface area contributed by atoms with Crippen LogP contribution >= 0.6 is 0 Å². The molecule has 0 radical (unpaired) electrons. The van der Waals surface area contributed by atoms with Crippen molar-refractivity contribution in [2.75, 3.05) is 120 Å². The van der Waals surface area contributed by atoms with Crippen LogP contribution in [0, 0.1) is 0 Å². The number of benzene rings is 7. The molecule has 140 heavy (non-hydrogen) atoms. The van der Waals surface area contributed by atoms with E-state index in [4.69, 9.17) is 106 Å². The number of nitrogens with two attached hydrogens (primary N) is 6. The first kappa shape index (κ1) is 97.5. The average Bonchev–Trinajstić information content (AvgIpc) is 1.63. The molecule has 742 valence electrons. The normalized spacial score (nSPS) is 21.0. The lowest BCUT2D eigenvalue weighted by atomic mass is 10.1. The SMILES string of the molecule is CC1N=C(N(C)C)N(C)C(=NCCc2cccc3c2OCO3)N1.CC1N=C(N)NC(=NCCc2cccc3c2OCO3)N1.CC1N=C(N)NC(=NCc2cccc3c2OCO3)N1.CC1N=C(N)NC(N(C)CCc2cccc3c2OCO3)=N1.CC1N=C(N)NC(N(C)Cc2cccc3c2OCO3)=N1.CC1N=C(N)NC(N(C)c2cccc3c2OCO3)=N1.CC1N=C(N)NC(Nc2cccc3c2OCO3)=N1. The van der Waals surface area contributed by atoms with E-state index in [-0.39, 0.29) is 77.1 Å². The molecular formula is C91H119N35O14. The topological polar surface area (TPSA) is 595 Å². The highest BCUT2D eigenvalue weighted by Crippen LogP contribution is 2.44. The van der Waals surface area contributed by atoms with E-state index in [1.807, 2.05) is 231 Å². The van der Waals surface area contributed by atoms with Gasteiger partial charge in [-0.25, -0.2) is 59.9 Å². The smallest absolute Gasteiger partial charge is 0.231 e. The number of anilines is 2. The molecule has 7 unspecified atom stereocenters. The van der Waals surface area contributed by atoms with Crippen LogP contribution in [0.5, 0.6) is 80.5 Å². The summed E-state index contributed by atoms with van der Waals surface area (Å²) in [5.74, 6) is 18.7. The van der Waals surface area contributed by atoms with E-state index >= 15 is 0 Å². The number of nitrogens with zero attached hydrogens (tertiary/aromatic N) is 19. The quantitative estimate of drug-likeness (QED) is 0.0700. The second kappa shape index (κ2) is 45.5. The first-order valence-electron chi connectivity index (χ1n) is 45.1. The number of guanidine groups is 14. The van der Waals surface area contributed by atoms with Crippen molar-refractivity contribution >= 4 is 94.8 Å². The van der Waals surface area contributed by atoms with Crippen LogP contribution in [0.4, 0.5) is 11.4 Å². The van der Waals surface area contributed by atoms with Crippen molar-refractivity contribution in [2.24, 2.45) is 104 Å². The zero-order chi connectivity index (χ0) is 98.5. The Labute approximate surface area is 808 Å². The van der Waals surface area contributed by atoms with Gasteiger partial charge < -0.3 is 142 Å². The molecule has 0 fully saturated rings. The van der Waals surface area contributed by atoms with E-state index in [0.717, 1.165) is 146 Å². The molecule has 7 aromatic rings. The summed E-state index contributed by atoms with van der Waals surface area (Å²) in [5.41, 5.74) is 41.1. The zero-order valence-corrected chi connectivity index (χ0v) is 79.9. The van der Waals surface area contributed by atoms with E-state index in [1.54, 1.807) is 0 Å². The van der Waals surface area contributed by atoms with Gasteiger partial charge in [-0.15, -0.1) is 0 Å². The third-order valence-electron chi connectivity index (χ3n) is 21.7. The second-order valence-electron chi connectivity index (χ2n) is 32.7. The summed E-state index contributed by atoms with van der Waals surface area (Å²) in [4.78, 5) is 70.0. The maximum absolute atomic E-state index is 5.73. The number of aliphatic imine (C=N–C) groups is 14. The van der Waals surface area contributed by atoms with Gasteiger partial charge in [-0.3, -0.25) is 46.8 Å². The number of hydrogen-bond donors (Lipinski definition) is 16. The van der Waals surface area contributed by atoms with Crippen molar-refractivity contribution in [2.45, 2.75) is 124 Å². The van der Waals surface area contributed by atoms with Gasteiger partial charge in [0, 0.05) is 90.7 Å². The molecule has 0 bridgehead atoms. The monoisotopic (exact) mass is 1930 g/mol. The molecular weight excluding hydrogens is 1810 g/mol. The van der Waals surface area contributed by atoms with Crippen LogP contribution in [0.15, 0.2) is 197 Å². The maximum atomic E-state index is 5.73. The fraction of sp³-hybridized carbons (Fsp3) is 0.385. The standard InChI is InChI=1S/C16H23N5O2.C14H19N5O2.2C13H17N5O2.2C12H15N5O2.C11H13N5O2/c1-11-18-15(21(4)16(19-11)20(2)3)17-9-8-12-6-5-7-13-14(12)23-10-22-13;1-9-16-13(15)18-14(17-9)19(2)7-6-10-4-3-5-11-12(10)21-8-20-11;1-8-15-12(14)17-13(16-8)18(2)6-9-4-3-5-10-11(9)20-7-19-10;1-8-16-12(14)18-13(17-8)15-6-5-9-3-2-4-10-11(9)20-7-19-10;1-7-14-11(13)16-12(15-7)17(2)8-4-3-5-9-10(8)19-6-18-9;1-7-15-11(13)17-12(16-7)14-5-8-3-2-4-9-10(8)19-6-18-9;1-6-13-10(12)16-11(14-6)15-7-3-2-4-8-9(7)18-5-17-8/h5-7,11H,8-10H2,1-4H3,(H,17,18);3-5,9H,6-8H2,1-2H3,(H3,15,16,17,18);3-5,8H,6-7H2,1-2H3,(H3,14,15,16,17);2-4,8H,5-7H2,1H3,(H4,14,15,16,17,18);3-5,7H,6H2,1-2H3,(H3,13,14,15,16);2-4,7H,5-6H2,1H3,(H4,13,14,15,16,17);2-4,6H,5H2,1H3,(H4,12,13,14,15,16). The number of rotatable bonds is 15. The minimum Gasteiger partial charge on any atom is -0.454 e. The summed E-state index contributed by atoms with van der Waals surface area (Å²) >= 11 is 0. The summed E-state index contributed by atoms with van der Waals surface area (Å²) in [6.45, 7) is 18.4. The van der Waals surface area contributed by atoms with Crippen LogP contribution in [-0.2, 0) is 32.4 Å². The minimum atomic E-state index is -0.206. The van der Waals surface area contributed by atoms with E-state index in [0.29, 0.717) is 123 Å². The largest absolute Gasteiger partial charge is 0.454 e. The number of nitrogens with one attached hydrogen (secondary N) is 10. The van der Waals surface area contributed by atoms with Crippen LogP contribution < -0.4 is 159 Å². The molecule has 21 rings (SSSR count). The fourth-order valence-electron chi connectivity index (χ4n) is 15.3. The predicted molar refractivity (Wildman–Crippen MR) is 534 cm³/mol. The summed E-state index contributed by atoms with van der Waals surface area (Å²) in [6, 6.07) is 40.7. The van der Waals surface area contributed by atoms with Crippen LogP contribution in [0.25, 0.3) is 0 Å². The Morgan fingerprint density at radius 3 is 1.19 bits per heavy atom. The number of fused-ring (bicyclic) bond motifs is 7. The molecule has 7 atom stereocenters. The lowest BCUT2D eigenvalue weighted by Crippen LogP contribution is -2.54. The van der Waals surface area contributed by atoms with Gasteiger partial charge in [-0.05, 0) is 128 Å². The van der Waals surface area contributed by atoms with E-state index < -0.39 is 0 Å². The van der Waals surface area contributed by atoms with Gasteiger partial charge in [0.15, 0.2) is 128 Å². The van der Waals surface area contributed by atoms with Crippen molar-refractivity contribution in [3.05, 3.63) is 155 Å². The Hall–Kier alpha value is -17.1. The highest BCUT2D eigenvalue weighted by atomic mass is 16.7. The zero-order valence-electron chi connectivity index (χ0n) is 79.9. The van der Waals surface area contributed by atoms with Gasteiger partial charge in [-0.1, -0.05) is 72.8 Å². The molecule has 0 spiro atoms. The van der Waals surface area contributed by atoms with Gasteiger partial charge in [0.05, 0.1) is 17.9 Å². The van der Waals surface area contributed by atoms with Crippen LogP contribution in [-0.4, -0.2) is 256 Å². The summed E-state index contributed by atoms with van der Waals surface area (Å²) in [7, 11) is 11.7. The Kier molecular flexibility index (Phi) is 31.7. The van der Waals surface area contributed by atoms with Crippen molar-refractivity contribution in [3.63, 3.8) is 0 Å². The molecule has 7 aromatic carbocycles. The second-order valence-corrected chi connectivity index (χ2v) is 32.7. The Morgan fingerprint density at radius 1 is 0.350 bits per heavy atom. The molecule has 14 aliphatic rings. The summed E-state index contributed by atoms with van der Waals surface area (Å²) in [6.07, 6.45) is 1.54. The molecule has 14 heterocycles. The Bertz CT molecular complexity index is 6080. The molecule has 49 heteroatoms. The van der Waals surface area contributed by atoms with Gasteiger partial charge >= 0.3 is 0 Å². The molecule has 14 aliphatic heterocycles. The maximum Gasteiger partial charge on any atom is 0.231 e. The van der Waals surface area contributed by atoms with Gasteiger partial charge in [0.2, 0.25) is 83.3 Å². The van der Waals surface area contributed by atoms with Gasteiger partial charge in [0.1, 0.15) is 43.2 Å². The minimum absolute atomic E-state index is 0.0139. The molecule has 0 aliphatic carbocycles. The van der Waals surface area contributed by atoms with Crippen LogP contribution in [0.2, 0.25) is 0 Å². The number of likely N-dealkylation sites (N-methyl/N-ethyl adjacent to an activating group) is 1. The molecule has 22 N–H and O–H groups in total. The lowest BCUT2D eigenvalue weighted by molar-refractivity contribution is 0.172. The number of para-hydroxylation sites is 7. The van der Waals surface area contributed by atoms with Crippen molar-refractivity contribution < 1.29 is 66.3 Å². The molecule has 0 amide bonds. The first-order chi connectivity index (χ1) is 67.6. The van der Waals surface area contributed by atoms with Crippen LogP contribution in [0.3, 0.4) is 0 Å². The molecule has 0 saturated heterocycles. The van der Waals surface area contributed by atoms with Crippen molar-refractivity contribution in [1.82, 2.24) is 67.5 Å². The average molecular weight is 1930 g/mol. The third kappa shape index (κ3) is 25.5.